The second-order valence-corrected chi connectivity index (χ2v) is 5.91. The third kappa shape index (κ3) is 3.34. The van der Waals surface area contributed by atoms with Gasteiger partial charge in [-0.1, -0.05) is 52.9 Å². The number of urea groups is 1. The first-order valence-corrected chi connectivity index (χ1v) is 5.45. The van der Waals surface area contributed by atoms with E-state index in [4.69, 9.17) is 17.3 Å². The Balaban J connectivity index is 2.70. The molecule has 0 aliphatic rings. The van der Waals surface area contributed by atoms with E-state index in [-0.39, 0.29) is 0 Å². The van der Waals surface area contributed by atoms with E-state index < -0.39 is 8.91 Å². The van der Waals surface area contributed by atoms with Gasteiger partial charge in [0.25, 0.3) is 0 Å². The molecule has 5 heteroatoms. The molecule has 3 nitrogen and oxygen atoms in total. The number of carbonyl (C=O) groups excluding carboxylic acids is 1. The molecular weight excluding hydrogens is 314 g/mol. The van der Waals surface area contributed by atoms with Gasteiger partial charge in [-0.25, -0.2) is 4.79 Å². The van der Waals surface area contributed by atoms with Crippen LogP contribution in [-0.2, 0) is 2.88 Å². The highest BCUT2D eigenvalue weighted by Gasteiger charge is 2.25. The average molecular weight is 325 g/mol. The minimum atomic E-state index is -0.645. The number of primary amides is 1. The van der Waals surface area contributed by atoms with Gasteiger partial charge in [-0.3, -0.25) is 0 Å². The molecule has 0 aliphatic carbocycles. The highest BCUT2D eigenvalue weighted by atomic mass is 127. The lowest BCUT2D eigenvalue weighted by Gasteiger charge is -2.20. The maximum atomic E-state index is 10.5. The molecule has 1 atom stereocenters. The first-order chi connectivity index (χ1) is 6.52. The number of nitrogens with two attached hydrogens (primary N) is 1. The lowest BCUT2D eigenvalue weighted by molar-refractivity contribution is 0.249. The summed E-state index contributed by atoms with van der Waals surface area (Å²) in [5.74, 6) is 0. The SMILES string of the molecule is NC(=O)NCC(Cl)(I)c1ccccc1. The fraction of sp³-hybridized carbons (Fsp3) is 0.222. The number of hydrogen-bond donors (Lipinski definition) is 2. The molecule has 76 valence electrons. The van der Waals surface area contributed by atoms with Crippen molar-refractivity contribution >= 4 is 40.2 Å². The van der Waals surface area contributed by atoms with Gasteiger partial charge >= 0.3 is 6.03 Å². The molecule has 0 aromatic heterocycles. The first-order valence-electron chi connectivity index (χ1n) is 3.99. The summed E-state index contributed by atoms with van der Waals surface area (Å²) in [6.45, 7) is 0.300. The van der Waals surface area contributed by atoms with E-state index in [1.54, 1.807) is 0 Å². The number of amides is 2. The van der Waals surface area contributed by atoms with E-state index in [9.17, 15) is 4.79 Å². The fourth-order valence-corrected chi connectivity index (χ4v) is 1.73. The largest absolute Gasteiger partial charge is 0.352 e. The van der Waals surface area contributed by atoms with Gasteiger partial charge < -0.3 is 11.1 Å². The highest BCUT2D eigenvalue weighted by molar-refractivity contribution is 14.1. The van der Waals surface area contributed by atoms with Gasteiger partial charge in [-0.05, 0) is 5.56 Å². The first kappa shape index (κ1) is 11.6. The highest BCUT2D eigenvalue weighted by Crippen LogP contribution is 2.35. The van der Waals surface area contributed by atoms with Crippen LogP contribution in [0.4, 0.5) is 4.79 Å². The Bertz CT molecular complexity index is 316. The maximum absolute atomic E-state index is 10.5. The Morgan fingerprint density at radius 1 is 1.50 bits per heavy atom. The molecule has 14 heavy (non-hydrogen) atoms. The van der Waals surface area contributed by atoms with Crippen molar-refractivity contribution in [3.63, 3.8) is 0 Å². The zero-order valence-corrected chi connectivity index (χ0v) is 10.2. The summed E-state index contributed by atoms with van der Waals surface area (Å²) >= 11 is 8.29. The van der Waals surface area contributed by atoms with Crippen LogP contribution in [0, 0.1) is 0 Å². The number of rotatable bonds is 3. The summed E-state index contributed by atoms with van der Waals surface area (Å²) in [5, 5.41) is 2.48. The molecule has 0 saturated heterocycles. The fourth-order valence-electron chi connectivity index (χ4n) is 0.982. The summed E-state index contributed by atoms with van der Waals surface area (Å²) in [5.41, 5.74) is 5.91. The number of halogens is 2. The molecule has 0 bridgehead atoms. The van der Waals surface area contributed by atoms with Gasteiger partial charge in [0.05, 0.1) is 6.54 Å². The molecule has 1 unspecified atom stereocenters. The molecule has 0 saturated carbocycles. The van der Waals surface area contributed by atoms with Crippen molar-refractivity contribution in [2.75, 3.05) is 6.54 Å². The number of benzene rings is 1. The predicted molar refractivity (Wildman–Crippen MR) is 65.6 cm³/mol. The van der Waals surface area contributed by atoms with Crippen molar-refractivity contribution in [2.24, 2.45) is 5.73 Å². The van der Waals surface area contributed by atoms with Crippen molar-refractivity contribution < 1.29 is 4.79 Å². The van der Waals surface area contributed by atoms with Gasteiger partial charge in [-0.15, -0.1) is 11.6 Å². The van der Waals surface area contributed by atoms with Crippen LogP contribution in [0.15, 0.2) is 30.3 Å². The van der Waals surface area contributed by atoms with Gasteiger partial charge in [0.2, 0.25) is 0 Å². The second-order valence-electron chi connectivity index (χ2n) is 2.79. The molecule has 1 rings (SSSR count). The zero-order valence-electron chi connectivity index (χ0n) is 7.34. The van der Waals surface area contributed by atoms with Crippen molar-refractivity contribution in [1.29, 1.82) is 0 Å². The molecule has 1 aromatic rings. The topological polar surface area (TPSA) is 55.1 Å². The quantitative estimate of drug-likeness (QED) is 0.650. The maximum Gasteiger partial charge on any atom is 0.312 e. The molecule has 0 spiro atoms. The van der Waals surface area contributed by atoms with Crippen molar-refractivity contribution in [3.8, 4) is 0 Å². The molecule has 0 radical (unpaired) electrons. The molecule has 3 N–H and O–H groups in total. The zero-order chi connectivity index (χ0) is 10.6. The number of nitrogens with one attached hydrogen (secondary N) is 1. The molecule has 2 amide bonds. The lowest BCUT2D eigenvalue weighted by Crippen LogP contribution is -2.36. The number of carbonyl (C=O) groups is 1. The average Bonchev–Trinajstić information content (AvgIpc) is 2.16. The van der Waals surface area contributed by atoms with E-state index in [0.29, 0.717) is 6.54 Å². The Morgan fingerprint density at radius 2 is 2.07 bits per heavy atom. The van der Waals surface area contributed by atoms with E-state index in [1.165, 1.54) is 0 Å². The van der Waals surface area contributed by atoms with E-state index >= 15 is 0 Å². The van der Waals surface area contributed by atoms with E-state index in [2.05, 4.69) is 27.9 Å². The van der Waals surface area contributed by atoms with Gasteiger partial charge in [0.1, 0.15) is 2.88 Å². The standard InChI is InChI=1S/C9H10ClIN2O/c10-9(11,6-13-8(12)14)7-4-2-1-3-5-7/h1-5H,6H2,(H3,12,13,14). The van der Waals surface area contributed by atoms with E-state index in [1.807, 2.05) is 30.3 Å². The molecule has 0 fully saturated rings. The van der Waals surface area contributed by atoms with Crippen LogP contribution in [0.25, 0.3) is 0 Å². The Hall–Kier alpha value is -0.490. The van der Waals surface area contributed by atoms with Gasteiger partial charge in [0, 0.05) is 0 Å². The third-order valence-electron chi connectivity index (χ3n) is 1.68. The predicted octanol–water partition coefficient (Wildman–Crippen LogP) is 2.18. The van der Waals surface area contributed by atoms with Crippen LogP contribution < -0.4 is 11.1 Å². The normalized spacial score (nSPS) is 14.4. The van der Waals surface area contributed by atoms with Crippen LogP contribution in [0.1, 0.15) is 5.56 Å². The molecule has 1 aromatic carbocycles. The summed E-state index contributed by atoms with van der Waals surface area (Å²) in [6.07, 6.45) is 0. The summed E-state index contributed by atoms with van der Waals surface area (Å²) < 4.78 is -0.645. The summed E-state index contributed by atoms with van der Waals surface area (Å²) in [4.78, 5) is 10.5. The minimum absolute atomic E-state index is 0.300. The smallest absolute Gasteiger partial charge is 0.312 e. The van der Waals surface area contributed by atoms with Crippen molar-refractivity contribution in [3.05, 3.63) is 35.9 Å². The van der Waals surface area contributed by atoms with Crippen molar-refractivity contribution in [2.45, 2.75) is 2.88 Å². The minimum Gasteiger partial charge on any atom is -0.352 e. The molecule has 0 aliphatic heterocycles. The lowest BCUT2D eigenvalue weighted by atomic mass is 10.1. The van der Waals surface area contributed by atoms with Crippen LogP contribution in [-0.4, -0.2) is 12.6 Å². The third-order valence-corrected chi connectivity index (χ3v) is 3.04. The monoisotopic (exact) mass is 324 g/mol. The number of hydrogen-bond acceptors (Lipinski definition) is 1. The van der Waals surface area contributed by atoms with Crippen LogP contribution in [0.3, 0.4) is 0 Å². The van der Waals surface area contributed by atoms with Crippen LogP contribution in [0.5, 0.6) is 0 Å². The molecule has 0 heterocycles. The van der Waals surface area contributed by atoms with Gasteiger partial charge in [0.15, 0.2) is 0 Å². The van der Waals surface area contributed by atoms with E-state index in [0.717, 1.165) is 5.56 Å². The van der Waals surface area contributed by atoms with Crippen LogP contribution in [0.2, 0.25) is 0 Å². The molecular formula is C9H10ClIN2O. The second kappa shape index (κ2) is 4.84. The summed E-state index contributed by atoms with van der Waals surface area (Å²) in [7, 11) is 0. The van der Waals surface area contributed by atoms with Gasteiger partial charge in [-0.2, -0.15) is 0 Å². The Morgan fingerprint density at radius 3 is 2.57 bits per heavy atom. The van der Waals surface area contributed by atoms with Crippen LogP contribution >= 0.6 is 34.2 Å². The number of alkyl halides is 2. The Kier molecular flexibility index (Phi) is 4.00. The Labute approximate surface area is 101 Å². The van der Waals surface area contributed by atoms with Crippen molar-refractivity contribution in [1.82, 2.24) is 5.32 Å². The summed E-state index contributed by atoms with van der Waals surface area (Å²) in [6, 6.07) is 8.95.